The van der Waals surface area contributed by atoms with Crippen molar-refractivity contribution < 1.29 is 4.92 Å². The van der Waals surface area contributed by atoms with Crippen LogP contribution in [0.4, 0.5) is 5.69 Å². The number of aryl methyl sites for hydroxylation is 1. The normalized spacial score (nSPS) is 10.5. The van der Waals surface area contributed by atoms with Crippen LogP contribution in [-0.4, -0.2) is 14.7 Å². The first kappa shape index (κ1) is 9.85. The van der Waals surface area contributed by atoms with Crippen molar-refractivity contribution in [2.24, 2.45) is 0 Å². The molecule has 0 spiro atoms. The summed E-state index contributed by atoms with van der Waals surface area (Å²) in [5.41, 5.74) is 0.126. The van der Waals surface area contributed by atoms with Crippen LogP contribution in [0.15, 0.2) is 24.5 Å². The van der Waals surface area contributed by atoms with Crippen molar-refractivity contribution in [3.05, 3.63) is 39.5 Å². The van der Waals surface area contributed by atoms with Crippen molar-refractivity contribution >= 4 is 17.0 Å². The predicted octanol–water partition coefficient (Wildman–Crippen LogP) is 2.40. The average molecular weight is 223 g/mol. The van der Waals surface area contributed by atoms with E-state index in [-0.39, 0.29) is 10.6 Å². The molecular formula is C9H9N3O2S. The van der Waals surface area contributed by atoms with E-state index < -0.39 is 0 Å². The number of nitro groups is 1. The van der Waals surface area contributed by atoms with Crippen LogP contribution < -0.4 is 0 Å². The molecule has 0 aromatic carbocycles. The lowest BCUT2D eigenvalue weighted by Gasteiger charge is -1.95. The van der Waals surface area contributed by atoms with Crippen LogP contribution in [0.25, 0.3) is 5.00 Å². The molecule has 5 nitrogen and oxygen atoms in total. The molecular weight excluding hydrogens is 214 g/mol. The van der Waals surface area contributed by atoms with E-state index in [1.54, 1.807) is 24.5 Å². The molecule has 6 heteroatoms. The molecule has 0 N–H and O–H groups in total. The number of rotatable bonds is 3. The van der Waals surface area contributed by atoms with Crippen molar-refractivity contribution in [2.75, 3.05) is 0 Å². The molecule has 2 rings (SSSR count). The average Bonchev–Trinajstić information content (AvgIpc) is 2.86. The Labute approximate surface area is 90.1 Å². The van der Waals surface area contributed by atoms with E-state index in [0.717, 1.165) is 11.3 Å². The Morgan fingerprint density at radius 3 is 3.00 bits per heavy atom. The number of hydrogen-bond donors (Lipinski definition) is 0. The highest BCUT2D eigenvalue weighted by atomic mass is 32.1. The molecule has 0 amide bonds. The van der Waals surface area contributed by atoms with Gasteiger partial charge in [-0.15, -0.1) is 11.3 Å². The van der Waals surface area contributed by atoms with Crippen LogP contribution in [0.3, 0.4) is 0 Å². The summed E-state index contributed by atoms with van der Waals surface area (Å²) in [6.07, 6.45) is 4.11. The molecule has 15 heavy (non-hydrogen) atoms. The Bertz CT molecular complexity index is 476. The maximum absolute atomic E-state index is 10.8. The monoisotopic (exact) mass is 223 g/mol. The highest BCUT2D eigenvalue weighted by molar-refractivity contribution is 7.15. The second-order valence-corrected chi connectivity index (χ2v) is 4.08. The fourth-order valence-corrected chi connectivity index (χ4v) is 2.28. The van der Waals surface area contributed by atoms with Crippen LogP contribution in [0.2, 0.25) is 0 Å². The lowest BCUT2D eigenvalue weighted by molar-refractivity contribution is -0.384. The van der Waals surface area contributed by atoms with Crippen molar-refractivity contribution in [3.8, 4) is 5.00 Å². The summed E-state index contributed by atoms with van der Waals surface area (Å²) in [5, 5.41) is 15.4. The van der Waals surface area contributed by atoms with Gasteiger partial charge >= 0.3 is 5.69 Å². The summed E-state index contributed by atoms with van der Waals surface area (Å²) < 4.78 is 1.53. The predicted molar refractivity (Wildman–Crippen MR) is 57.5 cm³/mol. The van der Waals surface area contributed by atoms with Gasteiger partial charge in [0.25, 0.3) is 0 Å². The molecule has 0 saturated carbocycles. The van der Waals surface area contributed by atoms with Crippen LogP contribution >= 0.6 is 11.3 Å². The van der Waals surface area contributed by atoms with E-state index >= 15 is 0 Å². The van der Waals surface area contributed by atoms with E-state index in [2.05, 4.69) is 5.10 Å². The number of aromatic nitrogens is 2. The molecule has 0 aliphatic heterocycles. The molecule has 0 radical (unpaired) electrons. The Morgan fingerprint density at radius 1 is 1.67 bits per heavy atom. The third-order valence-corrected chi connectivity index (χ3v) is 3.26. The van der Waals surface area contributed by atoms with Gasteiger partial charge < -0.3 is 0 Å². The second-order valence-electron chi connectivity index (χ2n) is 2.96. The lowest BCUT2D eigenvalue weighted by atomic mass is 10.3. The maximum atomic E-state index is 10.8. The van der Waals surface area contributed by atoms with Gasteiger partial charge in [0.2, 0.25) is 0 Å². The third kappa shape index (κ3) is 1.75. The van der Waals surface area contributed by atoms with Crippen LogP contribution in [-0.2, 0) is 6.42 Å². The molecule has 0 atom stereocenters. The molecule has 0 aliphatic carbocycles. The first-order chi connectivity index (χ1) is 7.22. The van der Waals surface area contributed by atoms with Gasteiger partial charge in [-0.25, -0.2) is 4.68 Å². The molecule has 0 unspecified atom stereocenters. The molecule has 0 saturated heterocycles. The zero-order chi connectivity index (χ0) is 10.8. The SMILES string of the molecule is CCc1cc([N+](=O)[O-])c(-n2cccn2)s1. The van der Waals surface area contributed by atoms with Crippen LogP contribution in [0.5, 0.6) is 0 Å². The lowest BCUT2D eigenvalue weighted by Crippen LogP contribution is -1.95. The Kier molecular flexibility index (Phi) is 2.51. The number of nitrogens with zero attached hydrogens (tertiary/aromatic N) is 3. The molecule has 2 heterocycles. The number of hydrogen-bond acceptors (Lipinski definition) is 4. The van der Waals surface area contributed by atoms with E-state index in [1.807, 2.05) is 6.92 Å². The summed E-state index contributed by atoms with van der Waals surface area (Å²) in [4.78, 5) is 11.4. The van der Waals surface area contributed by atoms with Gasteiger partial charge in [-0.1, -0.05) is 6.92 Å². The molecule has 2 aromatic heterocycles. The summed E-state index contributed by atoms with van der Waals surface area (Å²) in [7, 11) is 0. The van der Waals surface area contributed by atoms with Gasteiger partial charge in [0, 0.05) is 23.3 Å². The van der Waals surface area contributed by atoms with Gasteiger partial charge in [-0.3, -0.25) is 10.1 Å². The van der Waals surface area contributed by atoms with Gasteiger partial charge in [-0.2, -0.15) is 5.10 Å². The summed E-state index contributed by atoms with van der Waals surface area (Å²) >= 11 is 1.40. The first-order valence-electron chi connectivity index (χ1n) is 4.49. The zero-order valence-corrected chi connectivity index (χ0v) is 8.90. The first-order valence-corrected chi connectivity index (χ1v) is 5.31. The van der Waals surface area contributed by atoms with Gasteiger partial charge in [0.15, 0.2) is 5.00 Å². The van der Waals surface area contributed by atoms with Crippen LogP contribution in [0, 0.1) is 10.1 Å². The Balaban J connectivity index is 2.54. The highest BCUT2D eigenvalue weighted by Crippen LogP contribution is 2.32. The van der Waals surface area contributed by atoms with Crippen molar-refractivity contribution in [2.45, 2.75) is 13.3 Å². The maximum Gasteiger partial charge on any atom is 0.306 e. The van der Waals surface area contributed by atoms with Crippen molar-refractivity contribution in [1.82, 2.24) is 9.78 Å². The van der Waals surface area contributed by atoms with Crippen molar-refractivity contribution in [1.29, 1.82) is 0 Å². The van der Waals surface area contributed by atoms with Gasteiger partial charge in [-0.05, 0) is 12.5 Å². The molecule has 2 aromatic rings. The fraction of sp³-hybridized carbons (Fsp3) is 0.222. The third-order valence-electron chi connectivity index (χ3n) is 2.00. The highest BCUT2D eigenvalue weighted by Gasteiger charge is 2.19. The van der Waals surface area contributed by atoms with E-state index in [1.165, 1.54) is 16.0 Å². The second kappa shape index (κ2) is 3.82. The molecule has 78 valence electrons. The van der Waals surface area contributed by atoms with Gasteiger partial charge in [0.1, 0.15) is 0 Å². The van der Waals surface area contributed by atoms with Crippen LogP contribution in [0.1, 0.15) is 11.8 Å². The minimum absolute atomic E-state index is 0.126. The fourth-order valence-electron chi connectivity index (χ4n) is 1.28. The molecule has 0 aliphatic rings. The molecule has 0 bridgehead atoms. The quantitative estimate of drug-likeness (QED) is 0.593. The Morgan fingerprint density at radius 2 is 2.47 bits per heavy atom. The standard InChI is InChI=1S/C9H9N3O2S/c1-2-7-6-8(12(13)14)9(15-7)11-5-3-4-10-11/h3-6H,2H2,1H3. The van der Waals surface area contributed by atoms with E-state index in [0.29, 0.717) is 5.00 Å². The van der Waals surface area contributed by atoms with Crippen molar-refractivity contribution in [3.63, 3.8) is 0 Å². The minimum atomic E-state index is -0.368. The van der Waals surface area contributed by atoms with Gasteiger partial charge in [0.05, 0.1) is 4.92 Å². The number of thiophene rings is 1. The Hall–Kier alpha value is -1.69. The van der Waals surface area contributed by atoms with E-state index in [4.69, 9.17) is 0 Å². The molecule has 0 fully saturated rings. The largest absolute Gasteiger partial charge is 0.306 e. The topological polar surface area (TPSA) is 61.0 Å². The zero-order valence-electron chi connectivity index (χ0n) is 8.08. The smallest absolute Gasteiger partial charge is 0.258 e. The summed E-state index contributed by atoms with van der Waals surface area (Å²) in [6.45, 7) is 1.97. The summed E-state index contributed by atoms with van der Waals surface area (Å²) in [5.74, 6) is 0. The van der Waals surface area contributed by atoms with E-state index in [9.17, 15) is 10.1 Å². The summed E-state index contributed by atoms with van der Waals surface area (Å²) in [6, 6.07) is 3.36. The minimum Gasteiger partial charge on any atom is -0.258 e.